The van der Waals surface area contributed by atoms with Crippen LogP contribution in [0.5, 0.6) is 0 Å². The van der Waals surface area contributed by atoms with E-state index in [4.69, 9.17) is 4.98 Å². The summed E-state index contributed by atoms with van der Waals surface area (Å²) >= 11 is 1.83. The van der Waals surface area contributed by atoms with Gasteiger partial charge in [0.15, 0.2) is 5.16 Å². The molecule has 23 heavy (non-hydrogen) atoms. The van der Waals surface area contributed by atoms with Crippen molar-refractivity contribution in [2.75, 3.05) is 29.1 Å². The van der Waals surface area contributed by atoms with E-state index < -0.39 is 0 Å². The molecule has 6 nitrogen and oxygen atoms in total. The fourth-order valence-corrected chi connectivity index (χ4v) is 4.00. The van der Waals surface area contributed by atoms with E-state index >= 15 is 0 Å². The van der Waals surface area contributed by atoms with E-state index in [0.29, 0.717) is 6.54 Å². The molecule has 0 aliphatic carbocycles. The number of aromatic nitrogens is 4. The third-order valence-electron chi connectivity index (χ3n) is 4.32. The van der Waals surface area contributed by atoms with Gasteiger partial charge in [-0.25, -0.2) is 9.97 Å². The second-order valence-electron chi connectivity index (χ2n) is 6.00. The quantitative estimate of drug-likeness (QED) is 0.909. The minimum atomic E-state index is 0.708. The zero-order valence-corrected chi connectivity index (χ0v) is 14.3. The van der Waals surface area contributed by atoms with Crippen molar-refractivity contribution >= 4 is 23.5 Å². The summed E-state index contributed by atoms with van der Waals surface area (Å²) in [7, 11) is 0. The molecule has 0 saturated carbocycles. The Labute approximate surface area is 140 Å². The van der Waals surface area contributed by atoms with Gasteiger partial charge in [-0.3, -0.25) is 0 Å². The summed E-state index contributed by atoms with van der Waals surface area (Å²) in [5.41, 5.74) is 2.17. The molecule has 0 spiro atoms. The molecular weight excluding hydrogens is 308 g/mol. The van der Waals surface area contributed by atoms with Crippen molar-refractivity contribution in [2.45, 2.75) is 44.4 Å². The van der Waals surface area contributed by atoms with Crippen LogP contribution >= 0.6 is 11.8 Å². The Morgan fingerprint density at radius 2 is 2.00 bits per heavy atom. The first-order valence-corrected chi connectivity index (χ1v) is 9.36. The number of imidazole rings is 1. The predicted octanol–water partition coefficient (Wildman–Crippen LogP) is 2.55. The SMILES string of the molecule is CCc1cc(NCc2cn3c(n2)SCC3)nc(N2CCCC2)n1. The number of aryl methyl sites for hydroxylation is 2. The molecule has 7 heteroatoms. The molecular formula is C16H22N6S. The largest absolute Gasteiger partial charge is 0.364 e. The fourth-order valence-electron chi connectivity index (χ4n) is 3.04. The highest BCUT2D eigenvalue weighted by atomic mass is 32.2. The first kappa shape index (κ1) is 14.8. The summed E-state index contributed by atoms with van der Waals surface area (Å²) in [6.45, 7) is 6.05. The molecule has 2 aliphatic rings. The number of thioether (sulfide) groups is 1. The maximum atomic E-state index is 4.71. The summed E-state index contributed by atoms with van der Waals surface area (Å²) in [4.78, 5) is 16.3. The Balaban J connectivity index is 1.49. The number of nitrogens with one attached hydrogen (secondary N) is 1. The Kier molecular flexibility index (Phi) is 4.11. The Morgan fingerprint density at radius 3 is 2.78 bits per heavy atom. The number of hydrogen-bond donors (Lipinski definition) is 1. The lowest BCUT2D eigenvalue weighted by molar-refractivity contribution is 0.719. The van der Waals surface area contributed by atoms with Crippen LogP contribution < -0.4 is 10.2 Å². The van der Waals surface area contributed by atoms with Gasteiger partial charge in [0.1, 0.15) is 5.82 Å². The summed E-state index contributed by atoms with van der Waals surface area (Å²) in [5.74, 6) is 2.91. The Bertz CT molecular complexity index is 670. The van der Waals surface area contributed by atoms with E-state index in [1.54, 1.807) is 0 Å². The van der Waals surface area contributed by atoms with Gasteiger partial charge in [-0.1, -0.05) is 18.7 Å². The summed E-state index contributed by atoms with van der Waals surface area (Å²) in [5, 5.41) is 4.56. The third kappa shape index (κ3) is 3.15. The second kappa shape index (κ2) is 6.39. The van der Waals surface area contributed by atoms with Crippen LogP contribution in [0.15, 0.2) is 17.4 Å². The van der Waals surface area contributed by atoms with Crippen molar-refractivity contribution in [2.24, 2.45) is 0 Å². The summed E-state index contributed by atoms with van der Waals surface area (Å²) in [6, 6.07) is 2.05. The molecule has 2 aromatic heterocycles. The molecule has 0 aromatic carbocycles. The van der Waals surface area contributed by atoms with E-state index in [0.717, 1.165) is 60.1 Å². The molecule has 2 aliphatic heterocycles. The zero-order chi connectivity index (χ0) is 15.6. The van der Waals surface area contributed by atoms with Crippen LogP contribution in [-0.4, -0.2) is 38.4 Å². The van der Waals surface area contributed by atoms with E-state index in [1.165, 1.54) is 12.8 Å². The van der Waals surface area contributed by atoms with Crippen LogP contribution in [0.1, 0.15) is 31.2 Å². The average Bonchev–Trinajstić information content (AvgIpc) is 3.29. The van der Waals surface area contributed by atoms with Crippen molar-refractivity contribution in [1.29, 1.82) is 0 Å². The molecule has 0 atom stereocenters. The summed E-state index contributed by atoms with van der Waals surface area (Å²) in [6.07, 6.45) is 5.54. The minimum absolute atomic E-state index is 0.708. The number of nitrogens with zero attached hydrogens (tertiary/aromatic N) is 5. The van der Waals surface area contributed by atoms with Gasteiger partial charge in [-0.15, -0.1) is 0 Å². The van der Waals surface area contributed by atoms with Crippen LogP contribution in [0.4, 0.5) is 11.8 Å². The van der Waals surface area contributed by atoms with Gasteiger partial charge in [0.2, 0.25) is 5.95 Å². The molecule has 0 radical (unpaired) electrons. The molecule has 0 unspecified atom stereocenters. The molecule has 0 amide bonds. The Hall–Kier alpha value is -1.76. The van der Waals surface area contributed by atoms with Gasteiger partial charge in [0, 0.05) is 43.3 Å². The maximum absolute atomic E-state index is 4.71. The maximum Gasteiger partial charge on any atom is 0.227 e. The zero-order valence-electron chi connectivity index (χ0n) is 13.5. The monoisotopic (exact) mass is 330 g/mol. The molecule has 4 heterocycles. The molecule has 0 bridgehead atoms. The van der Waals surface area contributed by atoms with Crippen LogP contribution in [0, 0.1) is 0 Å². The van der Waals surface area contributed by atoms with E-state index in [9.17, 15) is 0 Å². The first-order chi connectivity index (χ1) is 11.3. The van der Waals surface area contributed by atoms with Crippen LogP contribution in [0.25, 0.3) is 0 Å². The number of hydrogen-bond acceptors (Lipinski definition) is 6. The van der Waals surface area contributed by atoms with Crippen molar-refractivity contribution in [3.63, 3.8) is 0 Å². The lowest BCUT2D eigenvalue weighted by atomic mass is 10.3. The molecule has 122 valence electrons. The molecule has 4 rings (SSSR count). The van der Waals surface area contributed by atoms with Gasteiger partial charge < -0.3 is 14.8 Å². The fraction of sp³-hybridized carbons (Fsp3) is 0.562. The average molecular weight is 330 g/mol. The lowest BCUT2D eigenvalue weighted by Gasteiger charge is -2.17. The van der Waals surface area contributed by atoms with Crippen molar-refractivity contribution in [3.05, 3.63) is 23.7 Å². The van der Waals surface area contributed by atoms with Gasteiger partial charge in [-0.05, 0) is 19.3 Å². The molecule has 1 saturated heterocycles. The van der Waals surface area contributed by atoms with E-state index in [1.807, 2.05) is 11.8 Å². The van der Waals surface area contributed by atoms with Crippen molar-refractivity contribution in [3.8, 4) is 0 Å². The van der Waals surface area contributed by atoms with Crippen LogP contribution in [-0.2, 0) is 19.5 Å². The van der Waals surface area contributed by atoms with E-state index in [-0.39, 0.29) is 0 Å². The topological polar surface area (TPSA) is 58.9 Å². The van der Waals surface area contributed by atoms with Crippen molar-refractivity contribution < 1.29 is 0 Å². The highest BCUT2D eigenvalue weighted by molar-refractivity contribution is 7.99. The van der Waals surface area contributed by atoms with Gasteiger partial charge in [-0.2, -0.15) is 4.98 Å². The highest BCUT2D eigenvalue weighted by Crippen LogP contribution is 2.25. The number of anilines is 2. The number of rotatable bonds is 5. The standard InChI is InChI=1S/C16H22N6S/c1-2-12-9-14(20-15(18-12)21-5-3-4-6-21)17-10-13-11-22-7-8-23-16(22)19-13/h9,11H,2-8,10H2,1H3,(H,17,18,20). The number of fused-ring (bicyclic) bond motifs is 1. The van der Waals surface area contributed by atoms with E-state index in [2.05, 4.69) is 43.9 Å². The van der Waals surface area contributed by atoms with Crippen LogP contribution in [0.2, 0.25) is 0 Å². The summed E-state index contributed by atoms with van der Waals surface area (Å²) < 4.78 is 2.23. The lowest BCUT2D eigenvalue weighted by Crippen LogP contribution is -2.21. The Morgan fingerprint density at radius 1 is 1.13 bits per heavy atom. The normalized spacial score (nSPS) is 16.8. The highest BCUT2D eigenvalue weighted by Gasteiger charge is 2.17. The second-order valence-corrected chi connectivity index (χ2v) is 7.06. The molecule has 1 N–H and O–H groups in total. The predicted molar refractivity (Wildman–Crippen MR) is 93.1 cm³/mol. The van der Waals surface area contributed by atoms with Gasteiger partial charge >= 0.3 is 0 Å². The van der Waals surface area contributed by atoms with Gasteiger partial charge in [0.25, 0.3) is 0 Å². The molecule has 2 aromatic rings. The van der Waals surface area contributed by atoms with Crippen molar-refractivity contribution in [1.82, 2.24) is 19.5 Å². The van der Waals surface area contributed by atoms with Crippen LogP contribution in [0.3, 0.4) is 0 Å². The first-order valence-electron chi connectivity index (χ1n) is 8.37. The minimum Gasteiger partial charge on any atom is -0.364 e. The van der Waals surface area contributed by atoms with Gasteiger partial charge in [0.05, 0.1) is 12.2 Å². The smallest absolute Gasteiger partial charge is 0.227 e. The molecule has 1 fully saturated rings. The third-order valence-corrected chi connectivity index (χ3v) is 5.29.